The van der Waals surface area contributed by atoms with Gasteiger partial charge >= 0.3 is 11.9 Å². The van der Waals surface area contributed by atoms with Gasteiger partial charge in [-0.1, -0.05) is 75.1 Å². The van der Waals surface area contributed by atoms with Gasteiger partial charge in [0.05, 0.1) is 18.6 Å². The van der Waals surface area contributed by atoms with Crippen LogP contribution < -0.4 is 0 Å². The molecule has 0 saturated heterocycles. The van der Waals surface area contributed by atoms with Crippen molar-refractivity contribution in [2.24, 2.45) is 5.16 Å². The molecule has 0 aliphatic heterocycles. The van der Waals surface area contributed by atoms with Gasteiger partial charge in [0.15, 0.2) is 0 Å². The molecule has 0 saturated carbocycles. The van der Waals surface area contributed by atoms with Crippen LogP contribution in [0, 0.1) is 6.92 Å². The van der Waals surface area contributed by atoms with Crippen molar-refractivity contribution < 1.29 is 24.6 Å². The summed E-state index contributed by atoms with van der Waals surface area (Å²) in [6.07, 6.45) is 10.8. The Hall–Kier alpha value is -2.37. The lowest BCUT2D eigenvalue weighted by Crippen LogP contribution is -2.08. The number of phenolic OH excluding ortho intramolecular Hbond substituents is 1. The molecule has 2 N–H and O–H groups in total. The van der Waals surface area contributed by atoms with Gasteiger partial charge in [-0.25, -0.2) is 4.79 Å². The number of nitrogens with zero attached hydrogens (tertiary/aromatic N) is 1. The minimum atomic E-state index is -1.06. The Balaban J connectivity index is 2.58. The van der Waals surface area contributed by atoms with Crippen LogP contribution in [0.5, 0.6) is 5.75 Å². The minimum absolute atomic E-state index is 0.0897. The van der Waals surface area contributed by atoms with Crippen LogP contribution in [-0.4, -0.2) is 27.9 Å². The summed E-state index contributed by atoms with van der Waals surface area (Å²) in [5.74, 6) is -1.66. The fourth-order valence-corrected chi connectivity index (χ4v) is 3.07. The van der Waals surface area contributed by atoms with E-state index < -0.39 is 11.9 Å². The van der Waals surface area contributed by atoms with Crippen LogP contribution in [0.4, 0.5) is 0 Å². The Bertz CT molecular complexity index is 669. The lowest BCUT2D eigenvalue weighted by atomic mass is 10.00. The Morgan fingerprint density at radius 1 is 0.931 bits per heavy atom. The Morgan fingerprint density at radius 3 is 2.17 bits per heavy atom. The number of aryl methyl sites for hydroxylation is 1. The number of phenols is 1. The fourth-order valence-electron chi connectivity index (χ4n) is 3.07. The van der Waals surface area contributed by atoms with Gasteiger partial charge in [0.25, 0.3) is 0 Å². The molecule has 0 atom stereocenters. The molecule has 0 heterocycles. The number of carbonyl (C=O) groups is 2. The third-order valence-corrected chi connectivity index (χ3v) is 4.78. The fraction of sp³-hybridized carbons (Fsp3) is 0.609. The van der Waals surface area contributed by atoms with Crippen LogP contribution in [0.1, 0.15) is 95.1 Å². The van der Waals surface area contributed by atoms with E-state index in [1.165, 1.54) is 38.5 Å². The first-order valence-electron chi connectivity index (χ1n) is 10.7. The standard InChI is InChI=1S/C23H35NO5/c1-3-4-5-6-7-8-9-10-11-12-20(19-17-18(2)13-14-21(19)25)24-29-23(28)16-15-22(26)27/h13-14,17,25H,3-12,15-16H2,1-2H3,(H,26,27)/b24-20+. The number of carboxylic acid groups (broad SMARTS) is 1. The normalized spacial score (nSPS) is 11.4. The highest BCUT2D eigenvalue weighted by Gasteiger charge is 2.13. The molecule has 0 spiro atoms. The predicted octanol–water partition coefficient (Wildman–Crippen LogP) is 5.73. The highest BCUT2D eigenvalue weighted by atomic mass is 16.7. The second-order valence-corrected chi connectivity index (χ2v) is 7.49. The van der Waals surface area contributed by atoms with E-state index in [0.29, 0.717) is 17.7 Å². The molecule has 1 aromatic carbocycles. The van der Waals surface area contributed by atoms with Gasteiger partial charge < -0.3 is 15.1 Å². The molecule has 29 heavy (non-hydrogen) atoms. The Labute approximate surface area is 174 Å². The second kappa shape index (κ2) is 14.6. The second-order valence-electron chi connectivity index (χ2n) is 7.49. The molecule has 0 aliphatic rings. The number of hydrogen-bond donors (Lipinski definition) is 2. The van der Waals surface area contributed by atoms with E-state index in [2.05, 4.69) is 12.1 Å². The summed E-state index contributed by atoms with van der Waals surface area (Å²) in [6, 6.07) is 5.21. The summed E-state index contributed by atoms with van der Waals surface area (Å²) >= 11 is 0. The summed E-state index contributed by atoms with van der Waals surface area (Å²) in [5.41, 5.74) is 2.03. The zero-order valence-corrected chi connectivity index (χ0v) is 17.8. The lowest BCUT2D eigenvalue weighted by Gasteiger charge is -2.10. The number of rotatable bonds is 15. The van der Waals surface area contributed by atoms with Gasteiger partial charge in [-0.15, -0.1) is 0 Å². The van der Waals surface area contributed by atoms with E-state index in [1.807, 2.05) is 13.0 Å². The van der Waals surface area contributed by atoms with E-state index in [9.17, 15) is 14.7 Å². The summed E-state index contributed by atoms with van der Waals surface area (Å²) in [6.45, 7) is 4.13. The van der Waals surface area contributed by atoms with Crippen molar-refractivity contribution in [2.75, 3.05) is 0 Å². The van der Waals surface area contributed by atoms with E-state index in [4.69, 9.17) is 9.94 Å². The third-order valence-electron chi connectivity index (χ3n) is 4.78. The van der Waals surface area contributed by atoms with E-state index in [0.717, 1.165) is 24.8 Å². The van der Waals surface area contributed by atoms with Crippen molar-refractivity contribution in [2.45, 2.75) is 90.9 Å². The topological polar surface area (TPSA) is 96.2 Å². The van der Waals surface area contributed by atoms with Crippen molar-refractivity contribution in [3.63, 3.8) is 0 Å². The molecule has 0 amide bonds. The van der Waals surface area contributed by atoms with Crippen LogP contribution >= 0.6 is 0 Å². The van der Waals surface area contributed by atoms with Crippen molar-refractivity contribution in [3.8, 4) is 5.75 Å². The van der Waals surface area contributed by atoms with Crippen LogP contribution in [0.25, 0.3) is 0 Å². The number of carboxylic acids is 1. The molecular weight excluding hydrogens is 370 g/mol. The van der Waals surface area contributed by atoms with Crippen molar-refractivity contribution in [1.82, 2.24) is 0 Å². The highest BCUT2D eigenvalue weighted by molar-refractivity contribution is 6.02. The summed E-state index contributed by atoms with van der Waals surface area (Å²) in [4.78, 5) is 27.2. The van der Waals surface area contributed by atoms with Gasteiger partial charge in [-0.2, -0.15) is 0 Å². The number of aromatic hydroxyl groups is 1. The molecule has 6 heteroatoms. The van der Waals surface area contributed by atoms with Crippen LogP contribution in [0.2, 0.25) is 0 Å². The van der Waals surface area contributed by atoms with Crippen molar-refractivity contribution >= 4 is 17.7 Å². The molecule has 0 fully saturated rings. The van der Waals surface area contributed by atoms with Gasteiger partial charge in [0, 0.05) is 5.56 Å². The molecule has 1 rings (SSSR count). The number of carbonyl (C=O) groups excluding carboxylic acids is 1. The quantitative estimate of drug-likeness (QED) is 0.168. The van der Waals surface area contributed by atoms with Crippen LogP contribution in [0.15, 0.2) is 23.4 Å². The van der Waals surface area contributed by atoms with Gasteiger partial charge in [0.1, 0.15) is 5.75 Å². The average molecular weight is 406 g/mol. The first-order chi connectivity index (χ1) is 13.9. The maximum Gasteiger partial charge on any atom is 0.335 e. The Morgan fingerprint density at radius 2 is 1.55 bits per heavy atom. The van der Waals surface area contributed by atoms with Crippen molar-refractivity contribution in [1.29, 1.82) is 0 Å². The summed E-state index contributed by atoms with van der Waals surface area (Å²) < 4.78 is 0. The number of oxime groups is 1. The van der Waals surface area contributed by atoms with Gasteiger partial charge in [-0.05, 0) is 31.9 Å². The lowest BCUT2D eigenvalue weighted by molar-refractivity contribution is -0.147. The van der Waals surface area contributed by atoms with Gasteiger partial charge in [-0.3, -0.25) is 4.79 Å². The monoisotopic (exact) mass is 405 g/mol. The molecule has 0 bridgehead atoms. The number of unbranched alkanes of at least 4 members (excludes halogenated alkanes) is 8. The highest BCUT2D eigenvalue weighted by Crippen LogP contribution is 2.22. The SMILES string of the molecule is CCCCCCCCCCC/C(=N\OC(=O)CCC(=O)O)c1cc(C)ccc1O. The molecule has 0 aliphatic carbocycles. The largest absolute Gasteiger partial charge is 0.507 e. The van der Waals surface area contributed by atoms with Crippen molar-refractivity contribution in [3.05, 3.63) is 29.3 Å². The van der Waals surface area contributed by atoms with E-state index in [1.54, 1.807) is 12.1 Å². The Kier molecular flexibility index (Phi) is 12.4. The third kappa shape index (κ3) is 11.3. The molecule has 0 unspecified atom stereocenters. The average Bonchev–Trinajstić information content (AvgIpc) is 2.69. The van der Waals surface area contributed by atoms with E-state index in [-0.39, 0.29) is 18.6 Å². The molecule has 162 valence electrons. The number of hydrogen-bond acceptors (Lipinski definition) is 5. The minimum Gasteiger partial charge on any atom is -0.507 e. The number of aliphatic carboxylic acids is 1. The maximum absolute atomic E-state index is 11.7. The van der Waals surface area contributed by atoms with Crippen LogP contribution in [-0.2, 0) is 14.4 Å². The van der Waals surface area contributed by atoms with E-state index >= 15 is 0 Å². The summed E-state index contributed by atoms with van der Waals surface area (Å²) in [7, 11) is 0. The smallest absolute Gasteiger partial charge is 0.335 e. The predicted molar refractivity (Wildman–Crippen MR) is 114 cm³/mol. The maximum atomic E-state index is 11.7. The zero-order valence-electron chi connectivity index (χ0n) is 17.8. The van der Waals surface area contributed by atoms with Crippen LogP contribution in [0.3, 0.4) is 0 Å². The van der Waals surface area contributed by atoms with Gasteiger partial charge in [0.2, 0.25) is 0 Å². The molecule has 1 aromatic rings. The number of benzene rings is 1. The molecule has 0 aromatic heterocycles. The molecular formula is C23H35NO5. The molecule has 0 radical (unpaired) electrons. The first kappa shape index (κ1) is 24.7. The zero-order chi connectivity index (χ0) is 21.5. The molecule has 6 nitrogen and oxygen atoms in total. The first-order valence-corrected chi connectivity index (χ1v) is 10.7. The summed E-state index contributed by atoms with van der Waals surface area (Å²) in [5, 5.41) is 22.8.